The number of phosphoric ester groups is 1. The van der Waals surface area contributed by atoms with E-state index in [1.165, 1.54) is 218 Å². The van der Waals surface area contributed by atoms with Crippen molar-refractivity contribution in [2.75, 3.05) is 40.9 Å². The lowest BCUT2D eigenvalue weighted by Gasteiger charge is -2.30. The zero-order chi connectivity index (χ0) is 58.6. The summed E-state index contributed by atoms with van der Waals surface area (Å²) in [4.78, 5) is 40.1. The van der Waals surface area contributed by atoms with Gasteiger partial charge in [-0.1, -0.05) is 282 Å². The molecule has 9 nitrogen and oxygen atoms in total. The van der Waals surface area contributed by atoms with Gasteiger partial charge in [0.2, 0.25) is 5.91 Å². The molecule has 1 N–H and O–H groups in total. The van der Waals surface area contributed by atoms with Crippen LogP contribution in [0.25, 0.3) is 0 Å². The van der Waals surface area contributed by atoms with Crippen LogP contribution in [0.3, 0.4) is 0 Å². The maximum Gasteiger partial charge on any atom is 0.306 e. The maximum atomic E-state index is 13.6. The predicted molar refractivity (Wildman–Crippen MR) is 344 cm³/mol. The summed E-state index contributed by atoms with van der Waals surface area (Å²) in [5.41, 5.74) is 0. The van der Waals surface area contributed by atoms with Gasteiger partial charge in [-0.2, -0.15) is 0 Å². The Morgan fingerprint density at radius 3 is 1.16 bits per heavy atom. The number of carbonyl (C=O) groups is 2. The minimum absolute atomic E-state index is 0.0225. The molecular weight excluding hydrogens is 1010 g/mol. The second kappa shape index (κ2) is 60.1. The number of rotatable bonds is 63. The summed E-state index contributed by atoms with van der Waals surface area (Å²) in [6, 6.07) is -0.891. The van der Waals surface area contributed by atoms with Crippen LogP contribution in [0, 0.1) is 0 Å². The molecule has 1 amide bonds. The molecule has 80 heavy (non-hydrogen) atoms. The quantitative estimate of drug-likeness (QED) is 0.0212. The van der Waals surface area contributed by atoms with Crippen molar-refractivity contribution in [1.29, 1.82) is 0 Å². The lowest BCUT2D eigenvalue weighted by molar-refractivity contribution is -0.870. The summed E-state index contributed by atoms with van der Waals surface area (Å²) in [6.45, 7) is 6.85. The first-order valence-corrected chi connectivity index (χ1v) is 35.9. The molecule has 0 bridgehead atoms. The normalized spacial score (nSPS) is 13.8. The molecule has 0 heterocycles. The summed E-state index contributed by atoms with van der Waals surface area (Å²) in [5, 5.41) is 3.04. The van der Waals surface area contributed by atoms with E-state index in [1.807, 2.05) is 33.3 Å². The monoisotopic (exact) mass is 1140 g/mol. The van der Waals surface area contributed by atoms with Crippen LogP contribution in [-0.4, -0.2) is 69.4 Å². The standard InChI is InChI=1S/C70H133N2O7P/c1-7-10-13-16-19-22-25-28-30-32-33-34-35-36-37-38-39-40-42-45-48-51-54-57-60-63-70(74)79-68(61-58-55-52-49-46-43-27-24-21-18-15-12-9-3)67(66-78-80(75,76)77-65-64-72(4,5)6)71-69(73)62-59-56-53-50-47-44-41-31-29-26-23-20-17-14-11-8-2/h19,22,28,30-31,41,58,61,67-68H,7-18,20-21,23-27,29,32-40,42-57,59-60,62-66H2,1-6H3,(H-,71,73,75,76)/b22-19-,30-28-,41-31+,61-58-. The predicted octanol–water partition coefficient (Wildman–Crippen LogP) is 21.0. The molecule has 3 atom stereocenters. The average Bonchev–Trinajstić information content (AvgIpc) is 3.42. The van der Waals surface area contributed by atoms with Gasteiger partial charge in [0.05, 0.1) is 33.8 Å². The molecule has 0 aromatic carbocycles. The van der Waals surface area contributed by atoms with E-state index in [4.69, 9.17) is 13.8 Å². The minimum Gasteiger partial charge on any atom is -0.756 e. The van der Waals surface area contributed by atoms with E-state index in [2.05, 4.69) is 62.5 Å². The molecule has 0 spiro atoms. The Morgan fingerprint density at radius 2 is 0.762 bits per heavy atom. The molecule has 0 rings (SSSR count). The highest BCUT2D eigenvalue weighted by Crippen LogP contribution is 2.38. The molecule has 0 aliphatic carbocycles. The Kier molecular flexibility index (Phi) is 58.6. The van der Waals surface area contributed by atoms with E-state index >= 15 is 0 Å². The topological polar surface area (TPSA) is 114 Å². The lowest BCUT2D eigenvalue weighted by Crippen LogP contribution is -2.47. The van der Waals surface area contributed by atoms with Crippen molar-refractivity contribution in [3.8, 4) is 0 Å². The third kappa shape index (κ3) is 60.6. The van der Waals surface area contributed by atoms with Crippen molar-refractivity contribution in [3.05, 3.63) is 48.6 Å². The number of nitrogens with one attached hydrogen (secondary N) is 1. The van der Waals surface area contributed by atoms with Gasteiger partial charge in [-0.3, -0.25) is 14.2 Å². The van der Waals surface area contributed by atoms with Crippen molar-refractivity contribution in [3.63, 3.8) is 0 Å². The van der Waals surface area contributed by atoms with Crippen molar-refractivity contribution in [2.24, 2.45) is 0 Å². The number of quaternary nitrogens is 1. The SMILES string of the molecule is CCCCC/C=C\C/C=C\CCCCCCCCCCCCCCCCCC(=O)OC(/C=C\CCCCCCCCCCCCC)C(COP(=O)([O-])OCC[N+](C)(C)C)NC(=O)CCCCCCC/C=C/CCCCCCCCC. The number of likely N-dealkylation sites (N-methyl/N-ethyl adjacent to an activating group) is 1. The van der Waals surface area contributed by atoms with Crippen LogP contribution in [0.2, 0.25) is 0 Å². The van der Waals surface area contributed by atoms with E-state index < -0.39 is 20.0 Å². The zero-order valence-electron chi connectivity index (χ0n) is 53.8. The fourth-order valence-electron chi connectivity index (χ4n) is 10.1. The Morgan fingerprint density at radius 1 is 0.438 bits per heavy atom. The van der Waals surface area contributed by atoms with Crippen LogP contribution in [0.5, 0.6) is 0 Å². The van der Waals surface area contributed by atoms with Gasteiger partial charge in [-0.05, 0) is 89.5 Å². The fraction of sp³-hybridized carbons (Fsp3) is 0.857. The molecule has 0 radical (unpaired) electrons. The lowest BCUT2D eigenvalue weighted by atomic mass is 10.0. The largest absolute Gasteiger partial charge is 0.756 e. The van der Waals surface area contributed by atoms with E-state index in [0.717, 1.165) is 83.5 Å². The Labute approximate surface area is 497 Å². The van der Waals surface area contributed by atoms with Gasteiger partial charge in [0, 0.05) is 12.8 Å². The van der Waals surface area contributed by atoms with Gasteiger partial charge in [0.1, 0.15) is 19.3 Å². The highest BCUT2D eigenvalue weighted by atomic mass is 31.2. The molecule has 10 heteroatoms. The molecule has 0 saturated heterocycles. The molecule has 0 aromatic rings. The number of esters is 1. The van der Waals surface area contributed by atoms with Crippen LogP contribution < -0.4 is 10.2 Å². The number of hydrogen-bond donors (Lipinski definition) is 1. The third-order valence-electron chi connectivity index (χ3n) is 15.5. The van der Waals surface area contributed by atoms with E-state index in [1.54, 1.807) is 0 Å². The van der Waals surface area contributed by atoms with Gasteiger partial charge in [-0.25, -0.2) is 0 Å². The molecule has 0 saturated carbocycles. The van der Waals surface area contributed by atoms with Gasteiger partial charge < -0.3 is 28.5 Å². The Bertz CT molecular complexity index is 1510. The highest BCUT2D eigenvalue weighted by molar-refractivity contribution is 7.45. The smallest absolute Gasteiger partial charge is 0.306 e. The number of carbonyl (C=O) groups excluding carboxylic acids is 2. The van der Waals surface area contributed by atoms with Crippen LogP contribution in [-0.2, 0) is 27.9 Å². The highest BCUT2D eigenvalue weighted by Gasteiger charge is 2.27. The van der Waals surface area contributed by atoms with Crippen molar-refractivity contribution >= 4 is 19.7 Å². The first-order valence-electron chi connectivity index (χ1n) is 34.4. The molecule has 0 aliphatic heterocycles. The van der Waals surface area contributed by atoms with Crippen LogP contribution in [0.15, 0.2) is 48.6 Å². The molecular formula is C70H133N2O7P. The first kappa shape index (κ1) is 78.0. The van der Waals surface area contributed by atoms with Gasteiger partial charge in [-0.15, -0.1) is 0 Å². The molecule has 3 unspecified atom stereocenters. The molecule has 0 fully saturated rings. The number of phosphoric acid groups is 1. The summed E-state index contributed by atoms with van der Waals surface area (Å²) in [6.07, 6.45) is 75.1. The summed E-state index contributed by atoms with van der Waals surface area (Å²) in [7, 11) is 1.19. The number of unbranched alkanes of at least 4 members (excludes halogenated alkanes) is 41. The Balaban J connectivity index is 5.09. The fourth-order valence-corrected chi connectivity index (χ4v) is 10.9. The van der Waals surface area contributed by atoms with Gasteiger partial charge >= 0.3 is 5.97 Å². The van der Waals surface area contributed by atoms with Gasteiger partial charge in [0.15, 0.2) is 0 Å². The molecule has 0 aromatic heterocycles. The van der Waals surface area contributed by atoms with E-state index in [9.17, 15) is 19.0 Å². The van der Waals surface area contributed by atoms with Crippen LogP contribution >= 0.6 is 7.82 Å². The number of hydrogen-bond acceptors (Lipinski definition) is 7. The second-order valence-electron chi connectivity index (χ2n) is 24.7. The summed E-state index contributed by atoms with van der Waals surface area (Å²) >= 11 is 0. The van der Waals surface area contributed by atoms with Gasteiger partial charge in [0.25, 0.3) is 7.82 Å². The molecule has 470 valence electrons. The van der Waals surface area contributed by atoms with Crippen LogP contribution in [0.1, 0.15) is 335 Å². The number of nitrogens with zero attached hydrogens (tertiary/aromatic N) is 1. The van der Waals surface area contributed by atoms with E-state index in [0.29, 0.717) is 17.4 Å². The average molecular weight is 1150 g/mol. The summed E-state index contributed by atoms with van der Waals surface area (Å²) < 4.78 is 30.4. The maximum absolute atomic E-state index is 13.6. The second-order valence-corrected chi connectivity index (χ2v) is 26.1. The first-order chi connectivity index (χ1) is 38.9. The molecule has 0 aliphatic rings. The van der Waals surface area contributed by atoms with Crippen LogP contribution in [0.4, 0.5) is 0 Å². The third-order valence-corrected chi connectivity index (χ3v) is 16.4. The van der Waals surface area contributed by atoms with E-state index in [-0.39, 0.29) is 31.5 Å². The number of allylic oxidation sites excluding steroid dienone is 7. The van der Waals surface area contributed by atoms with Crippen molar-refractivity contribution in [1.82, 2.24) is 5.32 Å². The Hall–Kier alpha value is -2.03. The summed E-state index contributed by atoms with van der Waals surface area (Å²) in [5.74, 6) is -0.537. The van der Waals surface area contributed by atoms with Crippen molar-refractivity contribution in [2.45, 2.75) is 348 Å². The number of ether oxygens (including phenoxy) is 1. The zero-order valence-corrected chi connectivity index (χ0v) is 54.7. The van der Waals surface area contributed by atoms with Crippen molar-refractivity contribution < 1.29 is 37.3 Å². The number of amides is 1. The minimum atomic E-state index is -4.70.